The third-order valence-electron chi connectivity index (χ3n) is 11.1. The molecule has 0 spiro atoms. The number of rotatable bonds is 7. The van der Waals surface area contributed by atoms with Crippen molar-refractivity contribution in [2.45, 2.75) is 0 Å². The van der Waals surface area contributed by atoms with Crippen molar-refractivity contribution in [2.24, 2.45) is 0 Å². The van der Waals surface area contributed by atoms with Crippen LogP contribution in [0.2, 0.25) is 0 Å². The van der Waals surface area contributed by atoms with Crippen molar-refractivity contribution < 1.29 is 0 Å². The van der Waals surface area contributed by atoms with E-state index in [1.165, 1.54) is 5.56 Å². The molecular weight excluding hydrogens is 731 g/mol. The molecule has 0 radical (unpaired) electrons. The van der Waals surface area contributed by atoms with Crippen LogP contribution in [0.25, 0.3) is 112 Å². The van der Waals surface area contributed by atoms with Crippen LogP contribution in [0.3, 0.4) is 0 Å². The normalized spacial score (nSPS) is 11.3. The molecular formula is C55H35N5. The molecule has 0 aliphatic heterocycles. The van der Waals surface area contributed by atoms with E-state index < -0.39 is 0 Å². The van der Waals surface area contributed by atoms with Gasteiger partial charge in [-0.15, -0.1) is 0 Å². The van der Waals surface area contributed by atoms with Gasteiger partial charge in [-0.05, 0) is 51.2 Å². The average Bonchev–Trinajstić information content (AvgIpc) is 3.34. The molecule has 0 N–H and O–H groups in total. The first-order chi connectivity index (χ1) is 29.7. The molecule has 0 bridgehead atoms. The van der Waals surface area contributed by atoms with Crippen LogP contribution in [-0.4, -0.2) is 24.9 Å². The van der Waals surface area contributed by atoms with Crippen LogP contribution in [0.15, 0.2) is 212 Å². The smallest absolute Gasteiger partial charge is 0.164 e. The highest BCUT2D eigenvalue weighted by Gasteiger charge is 2.16. The number of nitrogens with zero attached hydrogens (tertiary/aromatic N) is 5. The number of hydrogen-bond acceptors (Lipinski definition) is 5. The second-order valence-corrected chi connectivity index (χ2v) is 14.9. The lowest BCUT2D eigenvalue weighted by molar-refractivity contribution is 1.07. The van der Waals surface area contributed by atoms with Gasteiger partial charge < -0.3 is 0 Å². The van der Waals surface area contributed by atoms with E-state index in [-0.39, 0.29) is 0 Å². The van der Waals surface area contributed by atoms with E-state index in [2.05, 4.69) is 158 Å². The van der Waals surface area contributed by atoms with E-state index >= 15 is 0 Å². The van der Waals surface area contributed by atoms with E-state index in [1.54, 1.807) is 0 Å². The fourth-order valence-corrected chi connectivity index (χ4v) is 8.08. The zero-order chi connectivity index (χ0) is 39.8. The topological polar surface area (TPSA) is 64.5 Å². The molecule has 11 rings (SSSR count). The molecule has 280 valence electrons. The summed E-state index contributed by atoms with van der Waals surface area (Å²) in [6.07, 6.45) is 0. The molecule has 5 nitrogen and oxygen atoms in total. The van der Waals surface area contributed by atoms with E-state index in [0.29, 0.717) is 17.5 Å². The number of aromatic nitrogens is 5. The molecule has 60 heavy (non-hydrogen) atoms. The molecule has 11 aromatic rings. The van der Waals surface area contributed by atoms with Crippen molar-refractivity contribution in [2.75, 3.05) is 0 Å². The first-order valence-electron chi connectivity index (χ1n) is 20.1. The predicted molar refractivity (Wildman–Crippen MR) is 246 cm³/mol. The standard InChI is InChI=1S/C55H35N5/c1-4-13-36(14-5-1)37-23-27-42(28-24-37)54-58-53(41-17-8-3-9-18-41)59-55(60-54)44-20-12-19-43(35-44)45-31-32-48(47-22-11-10-21-46(45)47)50-34-30-40-26-25-39-29-33-49(38-15-6-2-7-16-38)56-51(39)52(40)57-50/h1-35H. The van der Waals surface area contributed by atoms with E-state index in [4.69, 9.17) is 24.9 Å². The van der Waals surface area contributed by atoms with Crippen LogP contribution in [-0.2, 0) is 0 Å². The predicted octanol–water partition coefficient (Wildman–Crippen LogP) is 13.8. The first kappa shape index (κ1) is 35.0. The number of benzene rings is 8. The van der Waals surface area contributed by atoms with Gasteiger partial charge in [0.1, 0.15) is 0 Å². The Morgan fingerprint density at radius 2 is 0.650 bits per heavy atom. The van der Waals surface area contributed by atoms with E-state index in [9.17, 15) is 0 Å². The van der Waals surface area contributed by atoms with Crippen LogP contribution in [0.1, 0.15) is 0 Å². The van der Waals surface area contributed by atoms with Crippen LogP contribution in [0, 0.1) is 0 Å². The zero-order valence-electron chi connectivity index (χ0n) is 32.4. The van der Waals surface area contributed by atoms with Crippen LogP contribution in [0.4, 0.5) is 0 Å². The summed E-state index contributed by atoms with van der Waals surface area (Å²) in [7, 11) is 0. The summed E-state index contributed by atoms with van der Waals surface area (Å²) in [4.78, 5) is 25.6. The molecule has 8 aromatic carbocycles. The molecule has 0 aliphatic rings. The third kappa shape index (κ3) is 6.54. The lowest BCUT2D eigenvalue weighted by atomic mass is 9.92. The molecule has 0 atom stereocenters. The fraction of sp³-hybridized carbons (Fsp3) is 0. The minimum Gasteiger partial charge on any atom is -0.245 e. The van der Waals surface area contributed by atoms with E-state index in [0.717, 1.165) is 88.5 Å². The van der Waals surface area contributed by atoms with Crippen molar-refractivity contribution in [3.63, 3.8) is 0 Å². The second-order valence-electron chi connectivity index (χ2n) is 14.9. The van der Waals surface area contributed by atoms with Gasteiger partial charge in [0, 0.05) is 38.6 Å². The van der Waals surface area contributed by atoms with Gasteiger partial charge in [-0.3, -0.25) is 0 Å². The average molecular weight is 766 g/mol. The molecule has 0 unspecified atom stereocenters. The molecule has 0 saturated carbocycles. The van der Waals surface area contributed by atoms with Gasteiger partial charge in [0.05, 0.1) is 22.4 Å². The largest absolute Gasteiger partial charge is 0.245 e. The van der Waals surface area contributed by atoms with Gasteiger partial charge in [-0.25, -0.2) is 24.9 Å². The highest BCUT2D eigenvalue weighted by molar-refractivity contribution is 6.07. The summed E-state index contributed by atoms with van der Waals surface area (Å²) >= 11 is 0. The van der Waals surface area contributed by atoms with Crippen molar-refractivity contribution in [1.29, 1.82) is 0 Å². The monoisotopic (exact) mass is 765 g/mol. The maximum atomic E-state index is 5.32. The van der Waals surface area contributed by atoms with Crippen LogP contribution < -0.4 is 0 Å². The SMILES string of the molecule is c1ccc(-c2ccc(-c3nc(-c4ccccc4)nc(-c4cccc(-c5ccc(-c6ccc7ccc8ccc(-c9ccccc9)nc8c7n6)c6ccccc56)c4)n3)cc2)cc1. The number of fused-ring (bicyclic) bond motifs is 4. The number of pyridine rings is 2. The Hall–Kier alpha value is -8.15. The van der Waals surface area contributed by atoms with Gasteiger partial charge in [0.15, 0.2) is 17.5 Å². The Bertz CT molecular complexity index is 3350. The molecule has 0 saturated heterocycles. The maximum Gasteiger partial charge on any atom is 0.164 e. The summed E-state index contributed by atoms with van der Waals surface area (Å²) in [5.74, 6) is 1.87. The summed E-state index contributed by atoms with van der Waals surface area (Å²) in [5, 5.41) is 4.38. The Morgan fingerprint density at radius 1 is 0.233 bits per heavy atom. The maximum absolute atomic E-state index is 5.32. The number of hydrogen-bond donors (Lipinski definition) is 0. The Labute approximate surface area is 347 Å². The molecule has 3 aromatic heterocycles. The van der Waals surface area contributed by atoms with Crippen LogP contribution >= 0.6 is 0 Å². The summed E-state index contributed by atoms with van der Waals surface area (Å²) in [6.45, 7) is 0. The fourth-order valence-electron chi connectivity index (χ4n) is 8.08. The van der Waals surface area contributed by atoms with Crippen molar-refractivity contribution in [3.05, 3.63) is 212 Å². The minimum absolute atomic E-state index is 0.616. The van der Waals surface area contributed by atoms with E-state index in [1.807, 2.05) is 54.6 Å². The van der Waals surface area contributed by atoms with Crippen molar-refractivity contribution in [1.82, 2.24) is 24.9 Å². The van der Waals surface area contributed by atoms with Gasteiger partial charge >= 0.3 is 0 Å². The van der Waals surface area contributed by atoms with Gasteiger partial charge in [0.25, 0.3) is 0 Å². The molecule has 3 heterocycles. The van der Waals surface area contributed by atoms with Crippen molar-refractivity contribution >= 4 is 32.6 Å². The summed E-state index contributed by atoms with van der Waals surface area (Å²) in [6, 6.07) is 73.5. The van der Waals surface area contributed by atoms with Crippen LogP contribution in [0.5, 0.6) is 0 Å². The van der Waals surface area contributed by atoms with Gasteiger partial charge in [-0.1, -0.05) is 194 Å². The molecule has 5 heteroatoms. The van der Waals surface area contributed by atoms with Crippen molar-refractivity contribution in [3.8, 4) is 78.9 Å². The zero-order valence-corrected chi connectivity index (χ0v) is 32.4. The third-order valence-corrected chi connectivity index (χ3v) is 11.1. The quantitative estimate of drug-likeness (QED) is 0.151. The van der Waals surface area contributed by atoms with Gasteiger partial charge in [0.2, 0.25) is 0 Å². The first-order valence-corrected chi connectivity index (χ1v) is 20.1. The second kappa shape index (κ2) is 15.0. The highest BCUT2D eigenvalue weighted by atomic mass is 15.0. The highest BCUT2D eigenvalue weighted by Crippen LogP contribution is 2.38. The Balaban J connectivity index is 0.996. The molecule has 0 aliphatic carbocycles. The molecule has 0 fully saturated rings. The lowest BCUT2D eigenvalue weighted by Crippen LogP contribution is -2.00. The van der Waals surface area contributed by atoms with Gasteiger partial charge in [-0.2, -0.15) is 0 Å². The summed E-state index contributed by atoms with van der Waals surface area (Å²) < 4.78 is 0. The molecule has 0 amide bonds. The lowest BCUT2D eigenvalue weighted by Gasteiger charge is -2.14. The summed E-state index contributed by atoms with van der Waals surface area (Å²) in [5.41, 5.74) is 13.0. The Kier molecular flexibility index (Phi) is 8.75. The Morgan fingerprint density at radius 3 is 1.30 bits per heavy atom. The minimum atomic E-state index is 0.616.